The standard InChI is InChI=1S/C12H17N3OS/c1-5-13-7(2)10-6-14-12(17-10)11-8(3)15-16-9(11)4/h6-7,13H,5H2,1-4H3. The Morgan fingerprint density at radius 1 is 1.47 bits per heavy atom. The van der Waals surface area contributed by atoms with Crippen LogP contribution in [0.5, 0.6) is 0 Å². The van der Waals surface area contributed by atoms with Crippen LogP contribution in [-0.4, -0.2) is 16.7 Å². The number of thiazole rings is 1. The van der Waals surface area contributed by atoms with Crippen LogP contribution in [0.3, 0.4) is 0 Å². The first-order valence-corrected chi connectivity index (χ1v) is 6.57. The van der Waals surface area contributed by atoms with Crippen LogP contribution < -0.4 is 5.32 Å². The van der Waals surface area contributed by atoms with E-state index in [1.54, 1.807) is 11.3 Å². The predicted octanol–water partition coefficient (Wildman–Crippen LogP) is 3.09. The number of nitrogens with one attached hydrogen (secondary N) is 1. The van der Waals surface area contributed by atoms with Crippen molar-refractivity contribution in [2.24, 2.45) is 0 Å². The monoisotopic (exact) mass is 251 g/mol. The summed E-state index contributed by atoms with van der Waals surface area (Å²) < 4.78 is 5.17. The van der Waals surface area contributed by atoms with E-state index in [1.165, 1.54) is 4.88 Å². The second-order valence-electron chi connectivity index (χ2n) is 4.05. The van der Waals surface area contributed by atoms with Crippen LogP contribution in [0.2, 0.25) is 0 Å². The van der Waals surface area contributed by atoms with E-state index in [0.29, 0.717) is 6.04 Å². The summed E-state index contributed by atoms with van der Waals surface area (Å²) in [7, 11) is 0. The van der Waals surface area contributed by atoms with Crippen molar-refractivity contribution < 1.29 is 4.52 Å². The zero-order valence-corrected chi connectivity index (χ0v) is 11.4. The van der Waals surface area contributed by atoms with E-state index >= 15 is 0 Å². The van der Waals surface area contributed by atoms with Crippen molar-refractivity contribution >= 4 is 11.3 Å². The summed E-state index contributed by atoms with van der Waals surface area (Å²) in [5.74, 6) is 0.833. The molecule has 0 amide bonds. The molecule has 0 aromatic carbocycles. The first-order chi connectivity index (χ1) is 8.13. The van der Waals surface area contributed by atoms with E-state index in [1.807, 2.05) is 20.0 Å². The van der Waals surface area contributed by atoms with Gasteiger partial charge in [0.05, 0.1) is 11.3 Å². The van der Waals surface area contributed by atoms with Crippen molar-refractivity contribution in [3.8, 4) is 10.6 Å². The lowest BCUT2D eigenvalue weighted by Crippen LogP contribution is -2.16. The normalized spacial score (nSPS) is 12.9. The van der Waals surface area contributed by atoms with Crippen LogP contribution >= 0.6 is 11.3 Å². The molecule has 2 heterocycles. The minimum absolute atomic E-state index is 0.340. The van der Waals surface area contributed by atoms with Crippen LogP contribution in [0.4, 0.5) is 0 Å². The van der Waals surface area contributed by atoms with Crippen LogP contribution in [-0.2, 0) is 0 Å². The van der Waals surface area contributed by atoms with Crippen LogP contribution in [0, 0.1) is 13.8 Å². The fourth-order valence-corrected chi connectivity index (χ4v) is 2.89. The average molecular weight is 251 g/mol. The van der Waals surface area contributed by atoms with Gasteiger partial charge in [0, 0.05) is 17.1 Å². The minimum atomic E-state index is 0.340. The average Bonchev–Trinajstić information content (AvgIpc) is 2.86. The fourth-order valence-electron chi connectivity index (χ4n) is 1.80. The Hall–Kier alpha value is -1.20. The highest BCUT2D eigenvalue weighted by Gasteiger charge is 2.16. The SMILES string of the molecule is CCNC(C)c1cnc(-c2c(C)noc2C)s1. The van der Waals surface area contributed by atoms with E-state index in [9.17, 15) is 0 Å². The summed E-state index contributed by atoms with van der Waals surface area (Å²) in [4.78, 5) is 5.70. The molecule has 0 radical (unpaired) electrons. The molecule has 2 aromatic heterocycles. The highest BCUT2D eigenvalue weighted by atomic mass is 32.1. The molecule has 0 aliphatic rings. The van der Waals surface area contributed by atoms with E-state index in [-0.39, 0.29) is 0 Å². The van der Waals surface area contributed by atoms with Crippen molar-refractivity contribution in [3.05, 3.63) is 22.5 Å². The van der Waals surface area contributed by atoms with Crippen LogP contribution in [0.1, 0.15) is 36.2 Å². The maximum Gasteiger partial charge on any atom is 0.144 e. The molecule has 4 nitrogen and oxygen atoms in total. The second kappa shape index (κ2) is 4.98. The number of hydrogen-bond acceptors (Lipinski definition) is 5. The Labute approximate surface area is 105 Å². The van der Waals surface area contributed by atoms with E-state index in [0.717, 1.165) is 28.6 Å². The molecular weight excluding hydrogens is 234 g/mol. The maximum absolute atomic E-state index is 5.17. The van der Waals surface area contributed by atoms with Crippen molar-refractivity contribution in [3.63, 3.8) is 0 Å². The Kier molecular flexibility index (Phi) is 3.59. The molecular formula is C12H17N3OS. The third-order valence-corrected chi connectivity index (χ3v) is 3.91. The lowest BCUT2D eigenvalue weighted by molar-refractivity contribution is 0.393. The van der Waals surface area contributed by atoms with Gasteiger partial charge in [0.1, 0.15) is 10.8 Å². The zero-order valence-electron chi connectivity index (χ0n) is 10.6. The molecule has 1 N–H and O–H groups in total. The Morgan fingerprint density at radius 2 is 2.24 bits per heavy atom. The van der Waals surface area contributed by atoms with Gasteiger partial charge in [-0.2, -0.15) is 0 Å². The first-order valence-electron chi connectivity index (χ1n) is 5.75. The highest BCUT2D eigenvalue weighted by Crippen LogP contribution is 2.32. The quantitative estimate of drug-likeness (QED) is 0.907. The van der Waals surface area contributed by atoms with Crippen LogP contribution in [0.15, 0.2) is 10.7 Å². The maximum atomic E-state index is 5.17. The third kappa shape index (κ3) is 2.40. The molecule has 0 aliphatic heterocycles. The van der Waals surface area contributed by atoms with Gasteiger partial charge < -0.3 is 9.84 Å². The minimum Gasteiger partial charge on any atom is -0.361 e. The molecule has 0 bridgehead atoms. The zero-order chi connectivity index (χ0) is 12.4. The van der Waals surface area contributed by atoms with Crippen molar-refractivity contribution in [2.75, 3.05) is 6.54 Å². The number of rotatable bonds is 4. The van der Waals surface area contributed by atoms with Gasteiger partial charge in [-0.05, 0) is 27.3 Å². The van der Waals surface area contributed by atoms with Crippen molar-refractivity contribution in [1.82, 2.24) is 15.5 Å². The van der Waals surface area contributed by atoms with Gasteiger partial charge in [-0.25, -0.2) is 4.98 Å². The summed E-state index contributed by atoms with van der Waals surface area (Å²) in [6.07, 6.45) is 1.93. The Bertz CT molecular complexity index is 484. The predicted molar refractivity (Wildman–Crippen MR) is 69.2 cm³/mol. The van der Waals surface area contributed by atoms with Gasteiger partial charge in [0.25, 0.3) is 0 Å². The first kappa shape index (κ1) is 12.3. The number of aryl methyl sites for hydroxylation is 2. The molecule has 0 saturated heterocycles. The Balaban J connectivity index is 2.30. The van der Waals surface area contributed by atoms with Gasteiger partial charge in [0.2, 0.25) is 0 Å². The molecule has 5 heteroatoms. The summed E-state index contributed by atoms with van der Waals surface area (Å²) in [6, 6.07) is 0.340. The molecule has 0 aliphatic carbocycles. The van der Waals surface area contributed by atoms with Crippen molar-refractivity contribution in [1.29, 1.82) is 0 Å². The topological polar surface area (TPSA) is 51.0 Å². The largest absolute Gasteiger partial charge is 0.361 e. The van der Waals surface area contributed by atoms with Gasteiger partial charge in [-0.1, -0.05) is 12.1 Å². The number of hydrogen-bond donors (Lipinski definition) is 1. The van der Waals surface area contributed by atoms with E-state index in [4.69, 9.17) is 4.52 Å². The van der Waals surface area contributed by atoms with Crippen molar-refractivity contribution in [2.45, 2.75) is 33.7 Å². The number of aromatic nitrogens is 2. The van der Waals surface area contributed by atoms with Gasteiger partial charge in [-0.15, -0.1) is 11.3 Å². The summed E-state index contributed by atoms with van der Waals surface area (Å²) in [6.45, 7) is 9.07. The molecule has 1 atom stereocenters. The lowest BCUT2D eigenvalue weighted by atomic mass is 10.2. The highest BCUT2D eigenvalue weighted by molar-refractivity contribution is 7.15. The molecule has 2 rings (SSSR count). The number of nitrogens with zero attached hydrogens (tertiary/aromatic N) is 2. The van der Waals surface area contributed by atoms with Gasteiger partial charge in [0.15, 0.2) is 0 Å². The fraction of sp³-hybridized carbons (Fsp3) is 0.500. The third-order valence-electron chi connectivity index (χ3n) is 2.71. The summed E-state index contributed by atoms with van der Waals surface area (Å²) in [5.41, 5.74) is 1.93. The second-order valence-corrected chi connectivity index (χ2v) is 5.11. The summed E-state index contributed by atoms with van der Waals surface area (Å²) >= 11 is 1.69. The molecule has 0 fully saturated rings. The molecule has 0 spiro atoms. The molecule has 1 unspecified atom stereocenters. The molecule has 17 heavy (non-hydrogen) atoms. The van der Waals surface area contributed by atoms with Gasteiger partial charge >= 0.3 is 0 Å². The molecule has 92 valence electrons. The lowest BCUT2D eigenvalue weighted by Gasteiger charge is -2.08. The van der Waals surface area contributed by atoms with Crippen LogP contribution in [0.25, 0.3) is 10.6 Å². The van der Waals surface area contributed by atoms with E-state index < -0.39 is 0 Å². The Morgan fingerprint density at radius 3 is 2.82 bits per heavy atom. The summed E-state index contributed by atoms with van der Waals surface area (Å²) in [5, 5.41) is 8.33. The smallest absolute Gasteiger partial charge is 0.144 e. The molecule has 0 saturated carbocycles. The molecule has 2 aromatic rings. The van der Waals surface area contributed by atoms with E-state index in [2.05, 4.69) is 29.3 Å². The van der Waals surface area contributed by atoms with Gasteiger partial charge in [-0.3, -0.25) is 0 Å².